The number of hydrogen-bond donors (Lipinski definition) is 1. The molecule has 79 heavy (non-hydrogen) atoms. The molecule has 11 heteroatoms. The number of thiophene rings is 2. The fourth-order valence-corrected chi connectivity index (χ4v) is 15.0. The minimum atomic E-state index is 0.246. The normalized spacial score (nSPS) is 12.0. The molecule has 372 valence electrons. The zero-order chi connectivity index (χ0) is 52.5. The molecule has 18 rings (SSSR count). The Labute approximate surface area is 472 Å². The van der Waals surface area contributed by atoms with E-state index in [9.17, 15) is 0 Å². The van der Waals surface area contributed by atoms with Crippen molar-refractivity contribution in [2.24, 2.45) is 0 Å². The summed E-state index contributed by atoms with van der Waals surface area (Å²) in [7, 11) is 0. The third-order valence-electron chi connectivity index (χ3n) is 15.3. The predicted octanol–water partition coefficient (Wildman–Crippen LogP) is 21.0. The van der Waals surface area contributed by atoms with E-state index in [2.05, 4.69) is 189 Å². The molecule has 6 nitrogen and oxygen atoms in total. The Morgan fingerprint density at radius 1 is 0.329 bits per heavy atom. The number of hydrogen-bond acceptors (Lipinski definition) is 6. The van der Waals surface area contributed by atoms with Gasteiger partial charge in [0.2, 0.25) is 0 Å². The third-order valence-corrected chi connectivity index (χ3v) is 18.5. The molecule has 0 aliphatic rings. The smallest absolute Gasteiger partial charge is 0.176 e. The van der Waals surface area contributed by atoms with Crippen LogP contribution in [0.2, 0.25) is 15.5 Å². The Hall–Kier alpha value is -8.73. The number of nitrogens with zero attached hydrogens (tertiary/aromatic N) is 5. The second kappa shape index (κ2) is 18.2. The third kappa shape index (κ3) is 7.16. The molecule has 6 heterocycles. The largest absolute Gasteiger partial charge is 0.353 e. The van der Waals surface area contributed by atoms with Crippen LogP contribution in [-0.4, -0.2) is 29.5 Å². The maximum absolute atomic E-state index is 6.93. The number of benzene rings is 12. The van der Waals surface area contributed by atoms with E-state index in [1.165, 1.54) is 116 Å². The van der Waals surface area contributed by atoms with Gasteiger partial charge in [0.1, 0.15) is 0 Å². The van der Waals surface area contributed by atoms with E-state index in [1.807, 2.05) is 71.2 Å². The van der Waals surface area contributed by atoms with Gasteiger partial charge in [-0.3, -0.25) is 4.57 Å². The minimum absolute atomic E-state index is 0.246. The van der Waals surface area contributed by atoms with E-state index in [4.69, 9.17) is 44.8 Å². The van der Waals surface area contributed by atoms with Crippen molar-refractivity contribution in [1.82, 2.24) is 29.5 Å². The number of aromatic amines is 1. The van der Waals surface area contributed by atoms with Gasteiger partial charge in [0.05, 0.1) is 48.0 Å². The highest BCUT2D eigenvalue weighted by Crippen LogP contribution is 2.51. The van der Waals surface area contributed by atoms with Gasteiger partial charge in [-0.15, -0.1) is 22.7 Å². The highest BCUT2D eigenvalue weighted by Gasteiger charge is 2.25. The van der Waals surface area contributed by atoms with Gasteiger partial charge >= 0.3 is 0 Å². The average molecular weight is 1110 g/mol. The molecular formula is C68H37Cl3N6S2. The highest BCUT2D eigenvalue weighted by molar-refractivity contribution is 7.27. The Bertz CT molecular complexity index is 5540. The van der Waals surface area contributed by atoms with E-state index < -0.39 is 0 Å². The molecule has 1 N–H and O–H groups in total. The quantitative estimate of drug-likeness (QED) is 0.178. The van der Waals surface area contributed by atoms with Crippen LogP contribution < -0.4 is 0 Å². The summed E-state index contributed by atoms with van der Waals surface area (Å²) in [6, 6.07) is 76.6. The van der Waals surface area contributed by atoms with Gasteiger partial charge in [-0.05, 0) is 91.6 Å². The lowest BCUT2D eigenvalue weighted by Gasteiger charge is -2.11. The molecule has 0 bridgehead atoms. The summed E-state index contributed by atoms with van der Waals surface area (Å²) in [5.74, 6) is 0.653. The van der Waals surface area contributed by atoms with Gasteiger partial charge < -0.3 is 4.98 Å². The topological polar surface area (TPSA) is 72.3 Å². The number of rotatable bonds is 1. The van der Waals surface area contributed by atoms with Crippen molar-refractivity contribution >= 4 is 207 Å². The lowest BCUT2D eigenvalue weighted by atomic mass is 9.97. The van der Waals surface area contributed by atoms with Crippen molar-refractivity contribution in [1.29, 1.82) is 0 Å². The molecule has 0 radical (unpaired) electrons. The number of H-pyrrole nitrogens is 1. The number of aromatic nitrogens is 6. The van der Waals surface area contributed by atoms with Crippen LogP contribution in [0.4, 0.5) is 0 Å². The van der Waals surface area contributed by atoms with E-state index in [0.717, 1.165) is 33.1 Å². The first-order valence-electron chi connectivity index (χ1n) is 25.8. The first kappa shape index (κ1) is 46.4. The molecule has 6 aromatic heterocycles. The van der Waals surface area contributed by atoms with E-state index in [-0.39, 0.29) is 10.3 Å². The Morgan fingerprint density at radius 3 is 1.33 bits per heavy atom. The molecule has 0 saturated carbocycles. The molecule has 0 unspecified atom stereocenters. The van der Waals surface area contributed by atoms with Crippen LogP contribution in [-0.2, 0) is 0 Å². The zero-order valence-corrected chi connectivity index (χ0v) is 45.4. The predicted molar refractivity (Wildman–Crippen MR) is 340 cm³/mol. The summed E-state index contributed by atoms with van der Waals surface area (Å²) in [6.45, 7) is 0. The highest BCUT2D eigenvalue weighted by atomic mass is 35.5. The van der Waals surface area contributed by atoms with Crippen molar-refractivity contribution in [3.8, 4) is 5.82 Å². The Morgan fingerprint density at radius 2 is 0.747 bits per heavy atom. The fourth-order valence-electron chi connectivity index (χ4n) is 12.0. The summed E-state index contributed by atoms with van der Waals surface area (Å²) >= 11 is 22.0. The summed E-state index contributed by atoms with van der Waals surface area (Å²) in [5.41, 5.74) is 7.79. The van der Waals surface area contributed by atoms with Crippen molar-refractivity contribution in [3.63, 3.8) is 0 Å². The number of fused-ring (bicyclic) bond motifs is 26. The van der Waals surface area contributed by atoms with Crippen molar-refractivity contribution in [2.45, 2.75) is 0 Å². The first-order chi connectivity index (χ1) is 38.9. The van der Waals surface area contributed by atoms with Crippen LogP contribution in [0, 0.1) is 0 Å². The van der Waals surface area contributed by atoms with Crippen LogP contribution in [0.15, 0.2) is 218 Å². The van der Waals surface area contributed by atoms with Crippen LogP contribution in [0.3, 0.4) is 0 Å². The fraction of sp³-hybridized carbons (Fsp3) is 0. The van der Waals surface area contributed by atoms with Gasteiger partial charge in [-0.25, -0.2) is 19.9 Å². The molecule has 18 aromatic rings. The number of halogens is 3. The molecule has 0 spiro atoms. The lowest BCUT2D eigenvalue weighted by Crippen LogP contribution is -2.01. The van der Waals surface area contributed by atoms with E-state index >= 15 is 0 Å². The lowest BCUT2D eigenvalue weighted by molar-refractivity contribution is 1.08. The van der Waals surface area contributed by atoms with Crippen molar-refractivity contribution < 1.29 is 0 Å². The SMILES string of the molecule is Clc1nc2ccccc2nc1-n1c2ccccc2c2c3ccccc3c3c(sc4ccc5ccccc5c43)c21.Clc1nc2ccccc2nc1Cl.c1ccc2c(c1)ccc1sc3c4[nH]c5ccccc5c4c4ccccc4c3c12. The van der Waals surface area contributed by atoms with E-state index in [1.54, 1.807) is 0 Å². The maximum atomic E-state index is 6.93. The van der Waals surface area contributed by atoms with Gasteiger partial charge in [-0.1, -0.05) is 205 Å². The molecule has 0 atom stereocenters. The van der Waals surface area contributed by atoms with Gasteiger partial charge in [-0.2, -0.15) is 0 Å². The van der Waals surface area contributed by atoms with Crippen LogP contribution >= 0.6 is 57.5 Å². The zero-order valence-electron chi connectivity index (χ0n) is 41.5. The molecule has 0 saturated heterocycles. The van der Waals surface area contributed by atoms with Crippen LogP contribution in [0.1, 0.15) is 0 Å². The van der Waals surface area contributed by atoms with Crippen LogP contribution in [0.25, 0.3) is 155 Å². The van der Waals surface area contributed by atoms with Gasteiger partial charge in [0.15, 0.2) is 21.3 Å². The second-order valence-corrected chi connectivity index (χ2v) is 22.8. The van der Waals surface area contributed by atoms with Gasteiger partial charge in [0, 0.05) is 58.0 Å². The van der Waals surface area contributed by atoms with Crippen molar-refractivity contribution in [2.75, 3.05) is 0 Å². The Balaban J connectivity index is 0.000000113. The standard InChI is InChI=1S/C34H18ClN3S.C26H15NS.C8H4Cl2N2/c35-33-34(37-25-15-7-6-14-24(25)36-33)38-26-16-8-5-13-23(26)28-21-11-3-4-12-22(21)30-29-20-10-2-1-9-19(20)17-18-27(29)39-32(30)31(28)38;1-2-8-16-15(7-1)13-14-21-23(16)24-18-10-4-3-9-17(18)22-19-11-5-6-12-20(19)27-25(22)26(24)28-21;9-7-8(10)12-6-4-2-1-3-5(6)11-7/h1-18H;1-14,27H;1-4H. The summed E-state index contributed by atoms with van der Waals surface area (Å²) in [5, 5.41) is 21.6. The summed E-state index contributed by atoms with van der Waals surface area (Å²) < 4.78 is 7.45. The Kier molecular flexibility index (Phi) is 10.7. The van der Waals surface area contributed by atoms with Crippen LogP contribution in [0.5, 0.6) is 0 Å². The monoisotopic (exact) mass is 1110 g/mol. The molecule has 0 fully saturated rings. The van der Waals surface area contributed by atoms with E-state index in [0.29, 0.717) is 11.0 Å². The van der Waals surface area contributed by atoms with Crippen molar-refractivity contribution in [3.05, 3.63) is 234 Å². The second-order valence-electron chi connectivity index (χ2n) is 19.6. The summed E-state index contributed by atoms with van der Waals surface area (Å²) in [4.78, 5) is 21.7. The molecule has 12 aromatic carbocycles. The minimum Gasteiger partial charge on any atom is -0.353 e. The van der Waals surface area contributed by atoms with Gasteiger partial charge in [0.25, 0.3) is 0 Å². The molecule has 0 amide bonds. The molecule has 0 aliphatic heterocycles. The molecule has 0 aliphatic carbocycles. The molecular weight excluding hydrogens is 1070 g/mol. The number of para-hydroxylation sites is 6. The average Bonchev–Trinajstić information content (AvgIpc) is 4.46. The first-order valence-corrected chi connectivity index (χ1v) is 28.6. The number of nitrogens with one attached hydrogen (secondary N) is 1. The maximum Gasteiger partial charge on any atom is 0.176 e. The summed E-state index contributed by atoms with van der Waals surface area (Å²) in [6.07, 6.45) is 0.